The number of nitrogen functional groups attached to an aromatic ring is 1. The van der Waals surface area contributed by atoms with Gasteiger partial charge in [-0.05, 0) is 27.2 Å². The van der Waals surface area contributed by atoms with Crippen LogP contribution in [0.15, 0.2) is 12.1 Å². The molecular weight excluding hydrogens is 259 g/mol. The summed E-state index contributed by atoms with van der Waals surface area (Å²) in [5, 5.41) is 3.27. The average Bonchev–Trinajstić information content (AvgIpc) is 2.76. The molecule has 1 aromatic rings. The number of hydrogen-bond donors (Lipinski definition) is 2. The van der Waals surface area contributed by atoms with Crippen LogP contribution in [0.1, 0.15) is 27.2 Å². The van der Waals surface area contributed by atoms with E-state index in [0.717, 1.165) is 19.6 Å². The Labute approximate surface area is 119 Å². The fourth-order valence-corrected chi connectivity index (χ4v) is 2.35. The van der Waals surface area contributed by atoms with Crippen LogP contribution < -0.4 is 15.8 Å². The van der Waals surface area contributed by atoms with Crippen molar-refractivity contribution in [3.05, 3.63) is 17.9 Å². The molecule has 0 aliphatic carbocycles. The Bertz CT molecular complexity index is 465. The Morgan fingerprint density at radius 3 is 2.85 bits per heavy atom. The maximum absolute atomic E-state index is 13.7. The van der Waals surface area contributed by atoms with Crippen LogP contribution in [-0.2, 0) is 4.74 Å². The van der Waals surface area contributed by atoms with Crippen LogP contribution >= 0.6 is 0 Å². The van der Waals surface area contributed by atoms with Crippen LogP contribution in [0.5, 0.6) is 5.75 Å². The van der Waals surface area contributed by atoms with Crippen molar-refractivity contribution >= 4 is 11.4 Å². The van der Waals surface area contributed by atoms with E-state index >= 15 is 0 Å². The summed E-state index contributed by atoms with van der Waals surface area (Å²) in [7, 11) is 0. The summed E-state index contributed by atoms with van der Waals surface area (Å²) in [6.45, 7) is 7.35. The third-order valence-electron chi connectivity index (χ3n) is 3.55. The zero-order valence-electron chi connectivity index (χ0n) is 12.3. The smallest absolute Gasteiger partial charge is 0.167 e. The first-order valence-electron chi connectivity index (χ1n) is 7.08. The van der Waals surface area contributed by atoms with E-state index in [9.17, 15) is 4.39 Å². The lowest BCUT2D eigenvalue weighted by atomic mass is 10.0. The number of ether oxygens (including phenoxy) is 2. The SMILES string of the molecule is CC(C)Oc1cc(NCC2CCOC2C)c(N)cc1F. The van der Waals surface area contributed by atoms with E-state index in [1.807, 2.05) is 13.8 Å². The maximum Gasteiger partial charge on any atom is 0.167 e. The zero-order valence-corrected chi connectivity index (χ0v) is 12.3. The van der Waals surface area contributed by atoms with E-state index in [-0.39, 0.29) is 18.0 Å². The van der Waals surface area contributed by atoms with Gasteiger partial charge in [0.15, 0.2) is 11.6 Å². The number of nitrogens with two attached hydrogens (primary N) is 1. The highest BCUT2D eigenvalue weighted by molar-refractivity contribution is 5.68. The molecule has 1 saturated heterocycles. The molecule has 0 amide bonds. The van der Waals surface area contributed by atoms with Gasteiger partial charge in [-0.3, -0.25) is 0 Å². The number of halogens is 1. The topological polar surface area (TPSA) is 56.5 Å². The summed E-state index contributed by atoms with van der Waals surface area (Å²) in [5.41, 5.74) is 6.95. The van der Waals surface area contributed by atoms with Crippen LogP contribution in [0.3, 0.4) is 0 Å². The van der Waals surface area contributed by atoms with Gasteiger partial charge in [-0.1, -0.05) is 0 Å². The number of rotatable bonds is 5. The summed E-state index contributed by atoms with van der Waals surface area (Å²) < 4.78 is 24.7. The van der Waals surface area contributed by atoms with Gasteiger partial charge in [-0.25, -0.2) is 4.39 Å². The molecule has 0 aromatic heterocycles. The maximum atomic E-state index is 13.7. The molecule has 0 spiro atoms. The number of benzene rings is 1. The highest BCUT2D eigenvalue weighted by Crippen LogP contribution is 2.30. The van der Waals surface area contributed by atoms with Crippen LogP contribution in [0.4, 0.5) is 15.8 Å². The molecule has 1 aliphatic heterocycles. The summed E-state index contributed by atoms with van der Waals surface area (Å²) >= 11 is 0. The van der Waals surface area contributed by atoms with E-state index in [2.05, 4.69) is 12.2 Å². The summed E-state index contributed by atoms with van der Waals surface area (Å²) in [5.74, 6) is 0.251. The second-order valence-corrected chi connectivity index (χ2v) is 5.54. The van der Waals surface area contributed by atoms with Crippen LogP contribution in [-0.4, -0.2) is 25.4 Å². The van der Waals surface area contributed by atoms with Crippen molar-refractivity contribution in [3.63, 3.8) is 0 Å². The first-order chi connectivity index (χ1) is 9.47. The summed E-state index contributed by atoms with van der Waals surface area (Å²) in [6.07, 6.45) is 1.20. The molecule has 5 heteroatoms. The van der Waals surface area contributed by atoms with Crippen molar-refractivity contribution in [2.45, 2.75) is 39.4 Å². The molecule has 20 heavy (non-hydrogen) atoms. The molecule has 0 bridgehead atoms. The third kappa shape index (κ3) is 3.54. The zero-order chi connectivity index (χ0) is 14.7. The lowest BCUT2D eigenvalue weighted by molar-refractivity contribution is 0.108. The minimum absolute atomic E-state index is 0.0794. The third-order valence-corrected chi connectivity index (χ3v) is 3.55. The number of hydrogen-bond acceptors (Lipinski definition) is 4. The van der Waals surface area contributed by atoms with E-state index < -0.39 is 5.82 Å². The largest absolute Gasteiger partial charge is 0.488 e. The van der Waals surface area contributed by atoms with Crippen LogP contribution in [0, 0.1) is 11.7 Å². The van der Waals surface area contributed by atoms with Crippen molar-refractivity contribution in [1.82, 2.24) is 0 Å². The van der Waals surface area contributed by atoms with Gasteiger partial charge >= 0.3 is 0 Å². The van der Waals surface area contributed by atoms with E-state index in [1.54, 1.807) is 6.07 Å². The Morgan fingerprint density at radius 2 is 2.25 bits per heavy atom. The van der Waals surface area contributed by atoms with Gasteiger partial charge in [0.2, 0.25) is 0 Å². The quantitative estimate of drug-likeness (QED) is 0.815. The van der Waals surface area contributed by atoms with Crippen LogP contribution in [0.2, 0.25) is 0 Å². The highest BCUT2D eigenvalue weighted by Gasteiger charge is 2.24. The first kappa shape index (κ1) is 14.9. The Hall–Kier alpha value is -1.49. The van der Waals surface area contributed by atoms with Gasteiger partial charge in [-0.2, -0.15) is 0 Å². The van der Waals surface area contributed by atoms with Gasteiger partial charge < -0.3 is 20.5 Å². The second-order valence-electron chi connectivity index (χ2n) is 5.54. The van der Waals surface area contributed by atoms with Crippen LogP contribution in [0.25, 0.3) is 0 Å². The molecule has 112 valence electrons. The van der Waals surface area contributed by atoms with Crippen molar-refractivity contribution in [2.75, 3.05) is 24.2 Å². The van der Waals surface area contributed by atoms with E-state index in [0.29, 0.717) is 17.3 Å². The minimum Gasteiger partial charge on any atom is -0.488 e. The molecule has 1 aliphatic rings. The predicted molar refractivity (Wildman–Crippen MR) is 78.6 cm³/mol. The molecule has 2 unspecified atom stereocenters. The molecule has 1 aromatic carbocycles. The number of anilines is 2. The van der Waals surface area contributed by atoms with Crippen molar-refractivity contribution in [1.29, 1.82) is 0 Å². The molecule has 2 rings (SSSR count). The fraction of sp³-hybridized carbons (Fsp3) is 0.600. The average molecular weight is 282 g/mol. The van der Waals surface area contributed by atoms with Gasteiger partial charge in [0.25, 0.3) is 0 Å². The van der Waals surface area contributed by atoms with Gasteiger partial charge in [0.05, 0.1) is 23.6 Å². The first-order valence-corrected chi connectivity index (χ1v) is 7.08. The summed E-state index contributed by atoms with van der Waals surface area (Å²) in [6, 6.07) is 2.93. The molecular formula is C15H23FN2O2. The highest BCUT2D eigenvalue weighted by atomic mass is 19.1. The summed E-state index contributed by atoms with van der Waals surface area (Å²) in [4.78, 5) is 0. The lowest BCUT2D eigenvalue weighted by Gasteiger charge is -2.18. The van der Waals surface area contributed by atoms with Gasteiger partial charge in [-0.15, -0.1) is 0 Å². The normalized spacial score (nSPS) is 22.2. The van der Waals surface area contributed by atoms with Crippen molar-refractivity contribution < 1.29 is 13.9 Å². The van der Waals surface area contributed by atoms with E-state index in [4.69, 9.17) is 15.2 Å². The van der Waals surface area contributed by atoms with Gasteiger partial charge in [0.1, 0.15) is 0 Å². The fourth-order valence-electron chi connectivity index (χ4n) is 2.35. The Kier molecular flexibility index (Phi) is 4.70. The Morgan fingerprint density at radius 1 is 1.50 bits per heavy atom. The Balaban J connectivity index is 2.06. The molecule has 0 radical (unpaired) electrons. The second kappa shape index (κ2) is 6.31. The predicted octanol–water partition coefficient (Wildman–Crippen LogP) is 3.03. The van der Waals surface area contributed by atoms with Crippen molar-refractivity contribution in [3.8, 4) is 5.75 Å². The monoisotopic (exact) mass is 282 g/mol. The minimum atomic E-state index is -0.431. The lowest BCUT2D eigenvalue weighted by Crippen LogP contribution is -2.21. The number of nitrogens with one attached hydrogen (secondary N) is 1. The molecule has 1 fully saturated rings. The molecule has 0 saturated carbocycles. The van der Waals surface area contributed by atoms with Crippen molar-refractivity contribution in [2.24, 2.45) is 5.92 Å². The van der Waals surface area contributed by atoms with E-state index in [1.165, 1.54) is 6.07 Å². The molecule has 3 N–H and O–H groups in total. The molecule has 2 atom stereocenters. The molecule has 1 heterocycles. The molecule has 4 nitrogen and oxygen atoms in total. The standard InChI is InChI=1S/C15H23FN2O2/c1-9(2)20-15-7-14(13(17)6-12(15)16)18-8-11-4-5-19-10(11)3/h6-7,9-11,18H,4-5,8,17H2,1-3H3. The van der Waals surface area contributed by atoms with Gasteiger partial charge in [0, 0.05) is 31.2 Å².